The van der Waals surface area contributed by atoms with Crippen LogP contribution >= 0.6 is 0 Å². The summed E-state index contributed by atoms with van der Waals surface area (Å²) in [5.41, 5.74) is 2.21. The number of hydrogen-bond donors (Lipinski definition) is 2. The quantitative estimate of drug-likeness (QED) is 0.879. The van der Waals surface area contributed by atoms with Crippen LogP contribution in [-0.2, 0) is 6.54 Å². The molecule has 2 N–H and O–H groups in total. The number of nitrogens with zero attached hydrogens (tertiary/aromatic N) is 3. The molecule has 0 unspecified atom stereocenters. The number of nitrogens with one attached hydrogen (secondary N) is 1. The van der Waals surface area contributed by atoms with Crippen LogP contribution in [0.5, 0.6) is 5.75 Å². The van der Waals surface area contributed by atoms with Crippen LogP contribution in [0.25, 0.3) is 0 Å². The van der Waals surface area contributed by atoms with E-state index in [2.05, 4.69) is 33.1 Å². The fourth-order valence-corrected chi connectivity index (χ4v) is 2.81. The van der Waals surface area contributed by atoms with E-state index in [4.69, 9.17) is 0 Å². The lowest BCUT2D eigenvalue weighted by atomic mass is 10.1. The Labute approximate surface area is 125 Å². The van der Waals surface area contributed by atoms with E-state index in [1.54, 1.807) is 6.07 Å². The van der Waals surface area contributed by atoms with E-state index in [0.29, 0.717) is 12.4 Å². The molecule has 1 fully saturated rings. The zero-order chi connectivity index (χ0) is 14.7. The molecule has 0 spiro atoms. The minimum Gasteiger partial charge on any atom is -0.508 e. The summed E-state index contributed by atoms with van der Waals surface area (Å²) >= 11 is 0. The number of phenols is 1. The molecular formula is C16H22N4O. The van der Waals surface area contributed by atoms with Crippen LogP contribution in [0.1, 0.15) is 11.1 Å². The molecule has 112 valence electrons. The first-order valence-electron chi connectivity index (χ1n) is 7.42. The zero-order valence-electron chi connectivity index (χ0n) is 12.4. The second-order valence-electron chi connectivity index (χ2n) is 5.61. The Morgan fingerprint density at radius 3 is 2.76 bits per heavy atom. The second-order valence-corrected chi connectivity index (χ2v) is 5.61. The van der Waals surface area contributed by atoms with Gasteiger partial charge in [-0.15, -0.1) is 0 Å². The molecule has 0 aromatic heterocycles. The van der Waals surface area contributed by atoms with E-state index in [-0.39, 0.29) is 0 Å². The van der Waals surface area contributed by atoms with Crippen LogP contribution in [0.15, 0.2) is 35.1 Å². The highest BCUT2D eigenvalue weighted by molar-refractivity contribution is 5.72. The number of phenolic OH excluding ortho intramolecular Hbond substituents is 1. The van der Waals surface area contributed by atoms with Crippen molar-refractivity contribution in [2.24, 2.45) is 4.99 Å². The van der Waals surface area contributed by atoms with Gasteiger partial charge in [0.1, 0.15) is 18.2 Å². The maximum absolute atomic E-state index is 9.95. The average molecular weight is 286 g/mol. The van der Waals surface area contributed by atoms with Crippen molar-refractivity contribution in [1.29, 1.82) is 0 Å². The monoisotopic (exact) mass is 286 g/mol. The predicted octanol–water partition coefficient (Wildman–Crippen LogP) is 1.29. The third-order valence-corrected chi connectivity index (χ3v) is 4.03. The highest BCUT2D eigenvalue weighted by Gasteiger charge is 2.19. The smallest absolute Gasteiger partial charge is 0.120 e. The molecule has 2 aliphatic rings. The Morgan fingerprint density at radius 2 is 2.05 bits per heavy atom. The lowest BCUT2D eigenvalue weighted by molar-refractivity contribution is 0.145. The largest absolute Gasteiger partial charge is 0.508 e. The van der Waals surface area contributed by atoms with Gasteiger partial charge in [0.2, 0.25) is 0 Å². The van der Waals surface area contributed by atoms with Crippen LogP contribution in [0.4, 0.5) is 0 Å². The molecule has 1 aromatic rings. The fourth-order valence-electron chi connectivity index (χ4n) is 2.81. The maximum Gasteiger partial charge on any atom is 0.120 e. The number of rotatable bonds is 3. The highest BCUT2D eigenvalue weighted by Crippen LogP contribution is 2.21. The summed E-state index contributed by atoms with van der Waals surface area (Å²) in [7, 11) is 0. The molecule has 0 radical (unpaired) electrons. The van der Waals surface area contributed by atoms with Crippen LogP contribution < -0.4 is 5.32 Å². The molecule has 1 aromatic carbocycles. The third kappa shape index (κ3) is 3.36. The van der Waals surface area contributed by atoms with Crippen molar-refractivity contribution in [2.75, 3.05) is 32.8 Å². The molecule has 21 heavy (non-hydrogen) atoms. The van der Waals surface area contributed by atoms with Crippen molar-refractivity contribution in [2.45, 2.75) is 13.5 Å². The summed E-state index contributed by atoms with van der Waals surface area (Å²) in [6, 6.07) is 5.81. The SMILES string of the molecule is Cc1ccc(O)c(CN2CCN(C3=CC=NCN3)CC2)c1. The van der Waals surface area contributed by atoms with Crippen molar-refractivity contribution in [1.82, 2.24) is 15.1 Å². The molecule has 0 bridgehead atoms. The first kappa shape index (κ1) is 13.9. The summed E-state index contributed by atoms with van der Waals surface area (Å²) in [6.07, 6.45) is 3.90. The molecular weight excluding hydrogens is 264 g/mol. The molecule has 3 rings (SSSR count). The highest BCUT2D eigenvalue weighted by atomic mass is 16.3. The predicted molar refractivity (Wildman–Crippen MR) is 84.3 cm³/mol. The number of allylic oxidation sites excluding steroid dienone is 1. The van der Waals surface area contributed by atoms with E-state index in [9.17, 15) is 5.11 Å². The summed E-state index contributed by atoms with van der Waals surface area (Å²) in [5, 5.41) is 13.3. The van der Waals surface area contributed by atoms with E-state index in [0.717, 1.165) is 38.3 Å². The van der Waals surface area contributed by atoms with Crippen molar-refractivity contribution in [3.05, 3.63) is 41.2 Å². The standard InChI is InChI=1S/C16H22N4O/c1-13-2-3-15(21)14(10-13)11-19-6-8-20(9-7-19)16-4-5-17-12-18-16/h2-5,10,18,21H,6-9,11-12H2,1H3. The van der Waals surface area contributed by atoms with Gasteiger partial charge in [0, 0.05) is 44.5 Å². The van der Waals surface area contributed by atoms with Gasteiger partial charge in [-0.2, -0.15) is 0 Å². The number of aliphatic imine (C=N–C) groups is 1. The van der Waals surface area contributed by atoms with Crippen LogP contribution in [0, 0.1) is 6.92 Å². The molecule has 0 amide bonds. The Balaban J connectivity index is 1.57. The molecule has 5 heteroatoms. The van der Waals surface area contributed by atoms with Gasteiger partial charge in [-0.3, -0.25) is 9.89 Å². The minimum atomic E-state index is 0.399. The van der Waals surface area contributed by atoms with Crippen molar-refractivity contribution in [3.63, 3.8) is 0 Å². The number of piperazine rings is 1. The summed E-state index contributed by atoms with van der Waals surface area (Å²) in [4.78, 5) is 8.88. The van der Waals surface area contributed by atoms with Gasteiger partial charge in [0.05, 0.1) is 0 Å². The first-order chi connectivity index (χ1) is 10.2. The number of hydrogen-bond acceptors (Lipinski definition) is 5. The molecule has 2 heterocycles. The van der Waals surface area contributed by atoms with Gasteiger partial charge in [0.15, 0.2) is 0 Å². The van der Waals surface area contributed by atoms with Crippen molar-refractivity contribution < 1.29 is 5.11 Å². The lowest BCUT2D eigenvalue weighted by Crippen LogP contribution is -2.48. The van der Waals surface area contributed by atoms with Crippen LogP contribution in [0.2, 0.25) is 0 Å². The Hall–Kier alpha value is -2.01. The first-order valence-corrected chi connectivity index (χ1v) is 7.42. The van der Waals surface area contributed by atoms with Crippen molar-refractivity contribution in [3.8, 4) is 5.75 Å². The van der Waals surface area contributed by atoms with E-state index < -0.39 is 0 Å². The second kappa shape index (κ2) is 6.18. The molecule has 0 saturated carbocycles. The van der Waals surface area contributed by atoms with Gasteiger partial charge in [-0.25, -0.2) is 0 Å². The number of aromatic hydroxyl groups is 1. The molecule has 0 aliphatic carbocycles. The van der Waals surface area contributed by atoms with Gasteiger partial charge in [0.25, 0.3) is 0 Å². The molecule has 1 saturated heterocycles. The summed E-state index contributed by atoms with van der Waals surface area (Å²) < 4.78 is 0. The van der Waals surface area contributed by atoms with Crippen LogP contribution in [0.3, 0.4) is 0 Å². The van der Waals surface area contributed by atoms with Gasteiger partial charge in [-0.1, -0.05) is 17.7 Å². The van der Waals surface area contributed by atoms with E-state index in [1.807, 2.05) is 18.4 Å². The van der Waals surface area contributed by atoms with Gasteiger partial charge >= 0.3 is 0 Å². The number of aryl methyl sites for hydroxylation is 1. The Kier molecular flexibility index (Phi) is 4.10. The summed E-state index contributed by atoms with van der Waals surface area (Å²) in [5.74, 6) is 1.57. The summed E-state index contributed by atoms with van der Waals surface area (Å²) in [6.45, 7) is 7.55. The third-order valence-electron chi connectivity index (χ3n) is 4.03. The fraction of sp³-hybridized carbons (Fsp3) is 0.438. The van der Waals surface area contributed by atoms with Crippen LogP contribution in [-0.4, -0.2) is 54.0 Å². The van der Waals surface area contributed by atoms with E-state index in [1.165, 1.54) is 11.4 Å². The Bertz CT molecular complexity index is 559. The average Bonchev–Trinajstić information content (AvgIpc) is 2.53. The van der Waals surface area contributed by atoms with E-state index >= 15 is 0 Å². The normalized spacial score (nSPS) is 19.3. The topological polar surface area (TPSA) is 51.1 Å². The minimum absolute atomic E-state index is 0.399. The van der Waals surface area contributed by atoms with Crippen molar-refractivity contribution >= 4 is 6.21 Å². The molecule has 2 aliphatic heterocycles. The van der Waals surface area contributed by atoms with Gasteiger partial charge < -0.3 is 15.3 Å². The molecule has 5 nitrogen and oxygen atoms in total. The Morgan fingerprint density at radius 1 is 1.24 bits per heavy atom. The number of benzene rings is 1. The zero-order valence-corrected chi connectivity index (χ0v) is 12.4. The van der Waals surface area contributed by atoms with Gasteiger partial charge in [-0.05, 0) is 19.1 Å². The lowest BCUT2D eigenvalue weighted by Gasteiger charge is -2.37. The maximum atomic E-state index is 9.95. The molecule has 0 atom stereocenters.